The van der Waals surface area contributed by atoms with Gasteiger partial charge in [-0.15, -0.1) is 0 Å². The van der Waals surface area contributed by atoms with E-state index in [1.807, 2.05) is 5.32 Å². The topological polar surface area (TPSA) is 12.0 Å². The van der Waals surface area contributed by atoms with Crippen LogP contribution in [0.3, 0.4) is 0 Å². The molecule has 0 bridgehead atoms. The zero-order chi connectivity index (χ0) is 15.7. The van der Waals surface area contributed by atoms with E-state index in [0.717, 1.165) is 0 Å². The lowest BCUT2D eigenvalue weighted by atomic mass is 10.0. The molecular formula is C9H10ClN. The van der Waals surface area contributed by atoms with Crippen LogP contribution in [0.1, 0.15) is 23.5 Å². The number of nitrogens with one attached hydrogen (secondary N) is 1. The van der Waals surface area contributed by atoms with Gasteiger partial charge in [0.1, 0.15) is 0 Å². The maximum absolute atomic E-state index is 7.83. The summed E-state index contributed by atoms with van der Waals surface area (Å²) in [6.45, 7) is -5.35. The van der Waals surface area contributed by atoms with Crippen molar-refractivity contribution in [2.45, 2.75) is 12.9 Å². The fourth-order valence-corrected chi connectivity index (χ4v) is 0.971. The summed E-state index contributed by atoms with van der Waals surface area (Å²) in [7, 11) is 0. The Morgan fingerprint density at radius 1 is 1.64 bits per heavy atom. The largest absolute Gasteiger partial charge is 0.312 e. The third kappa shape index (κ3) is 1.26. The molecule has 0 unspecified atom stereocenters. The summed E-state index contributed by atoms with van der Waals surface area (Å²) in [6, 6.07) is -1.97. The van der Waals surface area contributed by atoms with Gasteiger partial charge in [-0.25, -0.2) is 0 Å². The van der Waals surface area contributed by atoms with Gasteiger partial charge in [0.15, 0.2) is 0 Å². The smallest absolute Gasteiger partial charge is 0.0639 e. The van der Waals surface area contributed by atoms with Crippen LogP contribution in [-0.2, 0) is 12.9 Å². The molecular weight excluding hydrogens is 158 g/mol. The minimum absolute atomic E-state index is 0.488. The number of hydrogen-bond acceptors (Lipinski definition) is 1. The lowest BCUT2D eigenvalue weighted by Crippen LogP contribution is -2.23. The summed E-state index contributed by atoms with van der Waals surface area (Å²) in [4.78, 5) is 0. The van der Waals surface area contributed by atoms with Gasteiger partial charge in [0.25, 0.3) is 0 Å². The Labute approximate surface area is 84.0 Å². The van der Waals surface area contributed by atoms with Gasteiger partial charge in [0, 0.05) is 19.7 Å². The van der Waals surface area contributed by atoms with E-state index in [4.69, 9.17) is 23.9 Å². The van der Waals surface area contributed by atoms with Gasteiger partial charge in [0.2, 0.25) is 0 Å². The second-order valence-corrected chi connectivity index (χ2v) is 2.32. The molecule has 1 heterocycles. The molecule has 0 aromatic heterocycles. The lowest BCUT2D eigenvalue weighted by Gasteiger charge is -2.17. The third-order valence-corrected chi connectivity index (χ3v) is 1.55. The van der Waals surface area contributed by atoms with E-state index < -0.39 is 53.6 Å². The second kappa shape index (κ2) is 2.84. The molecule has 0 spiro atoms. The van der Waals surface area contributed by atoms with Crippen molar-refractivity contribution in [2.24, 2.45) is 0 Å². The number of hydrogen-bond donors (Lipinski definition) is 1. The van der Waals surface area contributed by atoms with Crippen LogP contribution < -0.4 is 5.32 Å². The SMILES string of the molecule is [2H]c1c([2H])c(Cl)c2c(c1[2H])C([2H])([2H])C([2H])([2H])NC2([2H])[2H]. The summed E-state index contributed by atoms with van der Waals surface area (Å²) in [5, 5.41) is 1.38. The van der Waals surface area contributed by atoms with Crippen molar-refractivity contribution in [1.82, 2.24) is 5.32 Å². The van der Waals surface area contributed by atoms with Crippen molar-refractivity contribution in [3.8, 4) is 0 Å². The molecule has 0 saturated heterocycles. The predicted octanol–water partition coefficient (Wildman–Crippen LogP) is 1.99. The average molecular weight is 177 g/mol. The molecule has 1 nitrogen and oxygen atoms in total. The van der Waals surface area contributed by atoms with Gasteiger partial charge in [-0.3, -0.25) is 0 Å². The molecule has 0 saturated carbocycles. The molecule has 0 amide bonds. The van der Waals surface area contributed by atoms with Crippen LogP contribution >= 0.6 is 11.6 Å². The fraction of sp³-hybridized carbons (Fsp3) is 0.333. The zero-order valence-electron chi connectivity index (χ0n) is 14.4. The van der Waals surface area contributed by atoms with Crippen LogP contribution in [0.5, 0.6) is 0 Å². The first kappa shape index (κ1) is 2.24. The van der Waals surface area contributed by atoms with E-state index in [-0.39, 0.29) is 0 Å². The van der Waals surface area contributed by atoms with Gasteiger partial charge in [-0.05, 0) is 30.0 Å². The highest BCUT2D eigenvalue weighted by Gasteiger charge is 2.09. The van der Waals surface area contributed by atoms with Crippen LogP contribution in [0, 0.1) is 0 Å². The monoisotopic (exact) mass is 176 g/mol. The number of fused-ring (bicyclic) bond motifs is 1. The normalized spacial score (nSPS) is 41.7. The van der Waals surface area contributed by atoms with Crippen molar-refractivity contribution in [3.63, 3.8) is 0 Å². The Morgan fingerprint density at radius 2 is 2.55 bits per heavy atom. The molecule has 1 N–H and O–H groups in total. The number of halogens is 1. The first-order valence-electron chi connectivity index (χ1n) is 7.44. The Hall–Kier alpha value is -0.530. The standard InChI is InChI=1S/C9H10ClN/c10-9-3-1-2-7-4-5-11-6-8(7)9/h1-3,11H,4-6H2/i1D,2D,3D,4D2,5D2,6D2. The fourth-order valence-electron chi connectivity index (χ4n) is 0.782. The molecule has 1 aromatic carbocycles. The molecule has 1 aliphatic heterocycles. The molecule has 11 heavy (non-hydrogen) atoms. The predicted molar refractivity (Wildman–Crippen MR) is 46.9 cm³/mol. The Balaban J connectivity index is 2.99. The molecule has 0 radical (unpaired) electrons. The minimum Gasteiger partial charge on any atom is -0.312 e. The van der Waals surface area contributed by atoms with Crippen molar-refractivity contribution >= 4 is 11.6 Å². The molecule has 0 aliphatic carbocycles. The maximum Gasteiger partial charge on any atom is 0.0639 e. The Kier molecular flexibility index (Phi) is 0.578. The van der Waals surface area contributed by atoms with Gasteiger partial charge in [0.05, 0.1) is 4.11 Å². The average Bonchev–Trinajstić information content (AvgIpc) is 2.27. The first-order chi connectivity index (χ1) is 8.84. The van der Waals surface area contributed by atoms with Crippen LogP contribution in [0.25, 0.3) is 0 Å². The van der Waals surface area contributed by atoms with E-state index in [1.165, 1.54) is 0 Å². The van der Waals surface area contributed by atoms with Crippen molar-refractivity contribution < 1.29 is 12.3 Å². The number of rotatable bonds is 0. The summed E-state index contributed by atoms with van der Waals surface area (Å²) in [6.07, 6.45) is -2.77. The Bertz CT molecular complexity index is 598. The summed E-state index contributed by atoms with van der Waals surface area (Å²) in [5.41, 5.74) is -1.12. The van der Waals surface area contributed by atoms with E-state index in [2.05, 4.69) is 0 Å². The van der Waals surface area contributed by atoms with Crippen LogP contribution in [0.2, 0.25) is 5.02 Å². The molecule has 58 valence electrons. The van der Waals surface area contributed by atoms with Gasteiger partial charge in [-0.2, -0.15) is 0 Å². The molecule has 0 fully saturated rings. The van der Waals surface area contributed by atoms with Crippen molar-refractivity contribution in [1.29, 1.82) is 0 Å². The summed E-state index contributed by atoms with van der Waals surface area (Å²) in [5.74, 6) is 0. The maximum atomic E-state index is 7.83. The highest BCUT2D eigenvalue weighted by Crippen LogP contribution is 2.22. The van der Waals surface area contributed by atoms with Gasteiger partial charge < -0.3 is 5.32 Å². The minimum atomic E-state index is -2.79. The second-order valence-electron chi connectivity index (χ2n) is 1.94. The van der Waals surface area contributed by atoms with E-state index in [9.17, 15) is 0 Å². The molecule has 1 aliphatic rings. The van der Waals surface area contributed by atoms with Crippen LogP contribution in [0.4, 0.5) is 0 Å². The van der Waals surface area contributed by atoms with Crippen LogP contribution in [0.15, 0.2) is 18.1 Å². The molecule has 0 atom stereocenters. The summed E-state index contributed by atoms with van der Waals surface area (Å²) >= 11 is 5.83. The van der Waals surface area contributed by atoms with E-state index in [1.54, 1.807) is 0 Å². The lowest BCUT2D eigenvalue weighted by molar-refractivity contribution is 0.644. The zero-order valence-corrected chi connectivity index (χ0v) is 6.13. The van der Waals surface area contributed by atoms with E-state index in [0.29, 0.717) is 0 Å². The highest BCUT2D eigenvalue weighted by molar-refractivity contribution is 6.31. The van der Waals surface area contributed by atoms with Gasteiger partial charge >= 0.3 is 0 Å². The first-order valence-corrected chi connectivity index (χ1v) is 3.32. The molecule has 2 rings (SSSR count). The summed E-state index contributed by atoms with van der Waals surface area (Å²) < 4.78 is 69.4. The van der Waals surface area contributed by atoms with Crippen molar-refractivity contribution in [2.75, 3.05) is 6.50 Å². The van der Waals surface area contributed by atoms with E-state index >= 15 is 0 Å². The number of benzene rings is 1. The molecule has 2 heteroatoms. The Morgan fingerprint density at radius 3 is 3.45 bits per heavy atom. The van der Waals surface area contributed by atoms with Crippen molar-refractivity contribution in [3.05, 3.63) is 34.3 Å². The highest BCUT2D eigenvalue weighted by atomic mass is 35.5. The van der Waals surface area contributed by atoms with Gasteiger partial charge in [-0.1, -0.05) is 23.7 Å². The molecule has 1 aromatic rings. The third-order valence-electron chi connectivity index (χ3n) is 1.27. The quantitative estimate of drug-likeness (QED) is 0.638. The van der Waals surface area contributed by atoms with Crippen LogP contribution in [-0.4, -0.2) is 6.50 Å².